The zero-order valence-corrected chi connectivity index (χ0v) is 21.4. The van der Waals surface area contributed by atoms with E-state index in [-0.39, 0.29) is 44.3 Å². The number of nitrogens with one attached hydrogen (secondary N) is 1. The fourth-order valence-corrected chi connectivity index (χ4v) is 4.49. The maximum atomic E-state index is 13.4. The number of benzene rings is 1. The number of fused-ring (bicyclic) bond motifs is 1. The van der Waals surface area contributed by atoms with Crippen LogP contribution in [0, 0.1) is 0 Å². The van der Waals surface area contributed by atoms with Crippen LogP contribution in [-0.2, 0) is 11.3 Å². The second-order valence-electron chi connectivity index (χ2n) is 9.24. The lowest BCUT2D eigenvalue weighted by molar-refractivity contribution is -0.116. The van der Waals surface area contributed by atoms with Crippen LogP contribution in [0.5, 0.6) is 0 Å². The van der Waals surface area contributed by atoms with Crippen molar-refractivity contribution in [1.82, 2.24) is 20.2 Å². The van der Waals surface area contributed by atoms with Gasteiger partial charge >= 0.3 is 0 Å². The zero-order chi connectivity index (χ0) is 27.6. The molecule has 1 saturated heterocycles. The largest absolute Gasteiger partial charge is 0.458 e. The van der Waals surface area contributed by atoms with Crippen molar-refractivity contribution < 1.29 is 22.8 Å². The Hall–Kier alpha value is -4.31. The number of halogens is 3. The van der Waals surface area contributed by atoms with E-state index in [4.69, 9.17) is 21.8 Å². The van der Waals surface area contributed by atoms with Crippen molar-refractivity contribution in [3.63, 3.8) is 0 Å². The number of hydrogen-bond acceptors (Lipinski definition) is 6. The number of piperidine rings is 1. The Morgan fingerprint density at radius 2 is 1.90 bits per heavy atom. The van der Waals surface area contributed by atoms with Crippen LogP contribution in [0.4, 0.5) is 14.6 Å². The second-order valence-corrected chi connectivity index (χ2v) is 9.64. The lowest BCUT2D eigenvalue weighted by Gasteiger charge is -2.31. The van der Waals surface area contributed by atoms with E-state index >= 15 is 0 Å². The Balaban J connectivity index is 1.24. The molecule has 4 aromatic rings. The SMILES string of the molecule is Nc1ccc(C=CC(=O)NCc2cc3cc(-c4ccc(C(=O)N5CCC(F)(F)CC5)cn4)cc(Cl)c3o2)cn1. The molecular formula is C28H24ClF2N5O3. The number of amides is 2. The quantitative estimate of drug-likeness (QED) is 0.313. The highest BCUT2D eigenvalue weighted by atomic mass is 35.5. The van der Waals surface area contributed by atoms with Gasteiger partial charge in [0.1, 0.15) is 11.6 Å². The number of likely N-dealkylation sites (tertiary alicyclic amines) is 1. The summed E-state index contributed by atoms with van der Waals surface area (Å²) in [6.45, 7) is 0.181. The number of pyridine rings is 2. The molecule has 0 radical (unpaired) electrons. The first-order valence-corrected chi connectivity index (χ1v) is 12.6. The smallest absolute Gasteiger partial charge is 0.255 e. The van der Waals surface area contributed by atoms with Crippen molar-refractivity contribution >= 4 is 46.3 Å². The molecule has 0 atom stereocenters. The van der Waals surface area contributed by atoms with Gasteiger partial charge in [0, 0.05) is 55.4 Å². The van der Waals surface area contributed by atoms with Crippen LogP contribution in [0.3, 0.4) is 0 Å². The average molecular weight is 552 g/mol. The predicted octanol–water partition coefficient (Wildman–Crippen LogP) is 5.33. The van der Waals surface area contributed by atoms with Gasteiger partial charge in [0.25, 0.3) is 11.8 Å². The van der Waals surface area contributed by atoms with Crippen LogP contribution >= 0.6 is 11.6 Å². The standard InChI is InChI=1S/C28H24ClF2N5O3/c29-22-13-19(23-4-3-18(15-33-23)27(38)36-9-7-28(30,31)8-10-36)11-20-12-21(39-26(20)22)16-35-25(37)6-2-17-1-5-24(32)34-14-17/h1-6,11-15H,7-10,16H2,(H2,32,34)(H,35,37). The number of aromatic nitrogens is 2. The van der Waals surface area contributed by atoms with E-state index in [9.17, 15) is 18.4 Å². The van der Waals surface area contributed by atoms with Gasteiger partial charge in [-0.15, -0.1) is 0 Å². The molecule has 0 bridgehead atoms. The molecule has 1 fully saturated rings. The molecule has 0 unspecified atom stereocenters. The third-order valence-electron chi connectivity index (χ3n) is 6.38. The lowest BCUT2D eigenvalue weighted by Crippen LogP contribution is -2.42. The topological polar surface area (TPSA) is 114 Å². The first-order valence-electron chi connectivity index (χ1n) is 12.2. The summed E-state index contributed by atoms with van der Waals surface area (Å²) < 4.78 is 32.7. The number of anilines is 1. The number of carbonyl (C=O) groups excluding carboxylic acids is 2. The van der Waals surface area contributed by atoms with Crippen LogP contribution in [0.15, 0.2) is 65.4 Å². The van der Waals surface area contributed by atoms with E-state index in [1.807, 2.05) is 6.07 Å². The van der Waals surface area contributed by atoms with E-state index in [2.05, 4.69) is 15.3 Å². The van der Waals surface area contributed by atoms with Gasteiger partial charge in [-0.25, -0.2) is 13.8 Å². The van der Waals surface area contributed by atoms with Gasteiger partial charge in [-0.3, -0.25) is 14.6 Å². The normalized spacial score (nSPS) is 15.1. The predicted molar refractivity (Wildman–Crippen MR) is 144 cm³/mol. The summed E-state index contributed by atoms with van der Waals surface area (Å²) in [5.74, 6) is -2.44. The van der Waals surface area contributed by atoms with Crippen LogP contribution < -0.4 is 11.1 Å². The highest BCUT2D eigenvalue weighted by Gasteiger charge is 2.35. The third-order valence-corrected chi connectivity index (χ3v) is 6.66. The van der Waals surface area contributed by atoms with E-state index in [1.165, 1.54) is 17.2 Å². The molecule has 11 heteroatoms. The molecule has 0 spiro atoms. The molecule has 4 heterocycles. The van der Waals surface area contributed by atoms with Gasteiger partial charge < -0.3 is 20.4 Å². The Morgan fingerprint density at radius 3 is 2.59 bits per heavy atom. The zero-order valence-electron chi connectivity index (χ0n) is 20.7. The molecule has 3 N–H and O–H groups in total. The molecular weight excluding hydrogens is 528 g/mol. The van der Waals surface area contributed by atoms with Crippen LogP contribution in [0.2, 0.25) is 5.02 Å². The highest BCUT2D eigenvalue weighted by molar-refractivity contribution is 6.35. The van der Waals surface area contributed by atoms with Gasteiger partial charge in [-0.2, -0.15) is 0 Å². The minimum atomic E-state index is -2.72. The molecule has 1 aliphatic heterocycles. The number of nitrogen functional groups attached to an aromatic ring is 1. The molecule has 39 heavy (non-hydrogen) atoms. The Morgan fingerprint density at radius 1 is 1.10 bits per heavy atom. The number of hydrogen-bond donors (Lipinski definition) is 2. The molecule has 8 nitrogen and oxygen atoms in total. The van der Waals surface area contributed by atoms with Crippen molar-refractivity contribution in [2.45, 2.75) is 25.3 Å². The van der Waals surface area contributed by atoms with Crippen LogP contribution in [0.25, 0.3) is 28.3 Å². The molecule has 1 aromatic carbocycles. The number of nitrogens with zero attached hydrogens (tertiary/aromatic N) is 3. The Labute approximate surface area is 227 Å². The molecule has 0 aliphatic carbocycles. The molecule has 2 amide bonds. The number of rotatable bonds is 6. The highest BCUT2D eigenvalue weighted by Crippen LogP contribution is 2.33. The minimum Gasteiger partial charge on any atom is -0.458 e. The molecule has 5 rings (SSSR count). The summed E-state index contributed by atoms with van der Waals surface area (Å²) in [4.78, 5) is 34.7. The van der Waals surface area contributed by atoms with Crippen LogP contribution in [0.1, 0.15) is 34.5 Å². The monoisotopic (exact) mass is 551 g/mol. The third kappa shape index (κ3) is 6.23. The maximum absolute atomic E-state index is 13.4. The second kappa shape index (κ2) is 10.8. The van der Waals surface area contributed by atoms with Crippen LogP contribution in [-0.4, -0.2) is 45.7 Å². The number of carbonyl (C=O) groups is 2. The molecule has 0 saturated carbocycles. The maximum Gasteiger partial charge on any atom is 0.255 e. The van der Waals surface area contributed by atoms with E-state index < -0.39 is 5.92 Å². The van der Waals surface area contributed by atoms with E-state index in [0.717, 1.165) is 10.9 Å². The van der Waals surface area contributed by atoms with Gasteiger partial charge in [0.2, 0.25) is 5.91 Å². The fraction of sp³-hybridized carbons (Fsp3) is 0.214. The summed E-state index contributed by atoms with van der Waals surface area (Å²) in [7, 11) is 0. The average Bonchev–Trinajstić information content (AvgIpc) is 3.35. The molecule has 1 aliphatic rings. The lowest BCUT2D eigenvalue weighted by atomic mass is 10.1. The number of alkyl halides is 2. The van der Waals surface area contributed by atoms with E-state index in [0.29, 0.717) is 39.0 Å². The first-order chi connectivity index (χ1) is 18.7. The Kier molecular flexibility index (Phi) is 7.30. The van der Waals surface area contributed by atoms with Crippen molar-refractivity contribution in [2.75, 3.05) is 18.8 Å². The van der Waals surface area contributed by atoms with Gasteiger partial charge in [0.05, 0.1) is 22.8 Å². The summed E-state index contributed by atoms with van der Waals surface area (Å²) >= 11 is 6.47. The van der Waals surface area contributed by atoms with Gasteiger partial charge in [-0.05, 0) is 54.1 Å². The first kappa shape index (κ1) is 26.3. The number of furan rings is 1. The number of nitrogens with two attached hydrogens (primary N) is 1. The van der Waals surface area contributed by atoms with E-state index in [1.54, 1.807) is 48.7 Å². The van der Waals surface area contributed by atoms with Crippen molar-refractivity contribution in [2.24, 2.45) is 0 Å². The fourth-order valence-electron chi connectivity index (χ4n) is 4.23. The summed E-state index contributed by atoms with van der Waals surface area (Å²) in [5.41, 5.74) is 8.40. The molecule has 200 valence electrons. The summed E-state index contributed by atoms with van der Waals surface area (Å²) in [5, 5.41) is 3.85. The van der Waals surface area contributed by atoms with Crippen molar-refractivity contribution in [3.8, 4) is 11.3 Å². The molecule has 3 aromatic heterocycles. The minimum absolute atomic E-state index is 0.0134. The van der Waals surface area contributed by atoms with Crippen molar-refractivity contribution in [3.05, 3.63) is 82.8 Å². The Bertz CT molecular complexity index is 1540. The van der Waals surface area contributed by atoms with Gasteiger partial charge in [-0.1, -0.05) is 11.6 Å². The van der Waals surface area contributed by atoms with Gasteiger partial charge in [0.15, 0.2) is 5.58 Å². The van der Waals surface area contributed by atoms with Crippen molar-refractivity contribution in [1.29, 1.82) is 0 Å². The summed E-state index contributed by atoms with van der Waals surface area (Å²) in [6, 6.07) is 12.0. The summed E-state index contributed by atoms with van der Waals surface area (Å²) in [6.07, 6.45) is 5.35.